The molecule has 1 heterocycles. The van der Waals surface area contributed by atoms with E-state index in [1.165, 1.54) is 5.56 Å². The summed E-state index contributed by atoms with van der Waals surface area (Å²) in [5.74, 6) is -0.186. The summed E-state index contributed by atoms with van der Waals surface area (Å²) in [6, 6.07) is 10.1. The monoisotopic (exact) mass is 444 g/mol. The zero-order valence-electron chi connectivity index (χ0n) is 19.3. The molecule has 7 nitrogen and oxygen atoms in total. The molecule has 0 spiro atoms. The summed E-state index contributed by atoms with van der Waals surface area (Å²) in [4.78, 5) is 37.6. The molecule has 2 rings (SSSR count). The molecule has 1 aliphatic heterocycles. The molecule has 178 valence electrons. The molecule has 1 atom stereocenters. The molecule has 0 aliphatic carbocycles. The van der Waals surface area contributed by atoms with Crippen molar-refractivity contribution in [3.05, 3.63) is 35.9 Å². The van der Waals surface area contributed by atoms with Gasteiger partial charge in [-0.2, -0.15) is 0 Å². The first-order valence-corrected chi connectivity index (χ1v) is 12.2. The lowest BCUT2D eigenvalue weighted by Gasteiger charge is -2.24. The first-order valence-electron chi connectivity index (χ1n) is 12.2. The molecular formula is C25H40N4O3. The minimum absolute atomic E-state index is 0.0791. The molecular weight excluding hydrogens is 404 g/mol. The van der Waals surface area contributed by atoms with E-state index >= 15 is 0 Å². The maximum Gasteiger partial charge on any atom is 0.239 e. The van der Waals surface area contributed by atoms with E-state index in [-0.39, 0.29) is 30.2 Å². The molecule has 32 heavy (non-hydrogen) atoms. The van der Waals surface area contributed by atoms with Gasteiger partial charge in [-0.05, 0) is 63.5 Å². The number of carbonyl (C=O) groups is 3. The van der Waals surface area contributed by atoms with Crippen LogP contribution < -0.4 is 16.4 Å². The van der Waals surface area contributed by atoms with Gasteiger partial charge >= 0.3 is 0 Å². The number of nitrogens with two attached hydrogens (primary N) is 1. The van der Waals surface area contributed by atoms with Gasteiger partial charge in [0.2, 0.25) is 17.7 Å². The van der Waals surface area contributed by atoms with Crippen molar-refractivity contribution in [1.29, 1.82) is 0 Å². The van der Waals surface area contributed by atoms with E-state index in [1.54, 1.807) is 0 Å². The molecule has 7 heteroatoms. The number of amides is 3. The number of carbonyl (C=O) groups excluding carboxylic acids is 3. The Morgan fingerprint density at radius 2 is 1.62 bits per heavy atom. The Kier molecular flexibility index (Phi) is 12.4. The third kappa shape index (κ3) is 10.8. The molecule has 4 N–H and O–H groups in total. The van der Waals surface area contributed by atoms with E-state index in [1.807, 2.05) is 11.0 Å². The second-order valence-corrected chi connectivity index (χ2v) is 8.65. The molecule has 0 radical (unpaired) electrons. The smallest absolute Gasteiger partial charge is 0.239 e. The average molecular weight is 445 g/mol. The first-order chi connectivity index (χ1) is 15.6. The standard InChI is InChI=1S/C25H40N4O3/c26-23(30)16-15-22(25(32)29-19-9-10-20-29)27-17-7-2-5-14-24(31)28-18-8-6-13-21-11-3-1-4-12-21/h1,3-4,11-12,22,27H,2,5-10,13-20H2,(H2,26,30)(H,28,31). The third-order valence-electron chi connectivity index (χ3n) is 5.92. The van der Waals surface area contributed by atoms with Crippen LogP contribution in [0.5, 0.6) is 0 Å². The van der Waals surface area contributed by atoms with Crippen LogP contribution in [0, 0.1) is 0 Å². The van der Waals surface area contributed by atoms with Crippen LogP contribution in [0.25, 0.3) is 0 Å². The number of rotatable bonds is 16. The Morgan fingerprint density at radius 3 is 2.34 bits per heavy atom. The van der Waals surface area contributed by atoms with Crippen LogP contribution in [0.4, 0.5) is 0 Å². The van der Waals surface area contributed by atoms with E-state index in [0.29, 0.717) is 19.4 Å². The Bertz CT molecular complexity index is 690. The zero-order valence-corrected chi connectivity index (χ0v) is 19.3. The first kappa shape index (κ1) is 25.8. The van der Waals surface area contributed by atoms with Crippen molar-refractivity contribution in [2.75, 3.05) is 26.2 Å². The normalized spacial score (nSPS) is 14.3. The third-order valence-corrected chi connectivity index (χ3v) is 5.92. The van der Waals surface area contributed by atoms with Crippen LogP contribution in [0.15, 0.2) is 30.3 Å². The summed E-state index contributed by atoms with van der Waals surface area (Å²) in [6.45, 7) is 3.03. The van der Waals surface area contributed by atoms with Gasteiger partial charge in [0.15, 0.2) is 0 Å². The van der Waals surface area contributed by atoms with Gasteiger partial charge in [0.1, 0.15) is 0 Å². The lowest BCUT2D eigenvalue weighted by molar-refractivity contribution is -0.132. The highest BCUT2D eigenvalue weighted by Crippen LogP contribution is 2.12. The predicted octanol–water partition coefficient (Wildman–Crippen LogP) is 2.53. The van der Waals surface area contributed by atoms with Gasteiger partial charge in [0, 0.05) is 32.5 Å². The van der Waals surface area contributed by atoms with Crippen molar-refractivity contribution in [3.8, 4) is 0 Å². The van der Waals surface area contributed by atoms with Crippen molar-refractivity contribution in [3.63, 3.8) is 0 Å². The van der Waals surface area contributed by atoms with Gasteiger partial charge in [-0.3, -0.25) is 14.4 Å². The summed E-state index contributed by atoms with van der Waals surface area (Å²) >= 11 is 0. The number of likely N-dealkylation sites (tertiary alicyclic amines) is 1. The van der Waals surface area contributed by atoms with E-state index < -0.39 is 0 Å². The molecule has 1 unspecified atom stereocenters. The summed E-state index contributed by atoms with van der Waals surface area (Å²) in [7, 11) is 0. The van der Waals surface area contributed by atoms with Gasteiger partial charge in [0.25, 0.3) is 0 Å². The quantitative estimate of drug-likeness (QED) is 0.341. The second kappa shape index (κ2) is 15.4. The van der Waals surface area contributed by atoms with Crippen molar-refractivity contribution in [1.82, 2.24) is 15.5 Å². The number of nitrogens with zero attached hydrogens (tertiary/aromatic N) is 1. The number of hydrogen-bond acceptors (Lipinski definition) is 4. The molecule has 1 saturated heterocycles. The highest BCUT2D eigenvalue weighted by molar-refractivity contribution is 5.83. The van der Waals surface area contributed by atoms with Crippen LogP contribution in [-0.4, -0.2) is 54.8 Å². The van der Waals surface area contributed by atoms with Gasteiger partial charge in [-0.15, -0.1) is 0 Å². The fraction of sp³-hybridized carbons (Fsp3) is 0.640. The fourth-order valence-corrected chi connectivity index (χ4v) is 4.04. The van der Waals surface area contributed by atoms with Crippen molar-refractivity contribution >= 4 is 17.7 Å². The Hall–Kier alpha value is -2.41. The van der Waals surface area contributed by atoms with Crippen molar-refractivity contribution in [2.45, 2.75) is 76.7 Å². The Morgan fingerprint density at radius 1 is 0.906 bits per heavy atom. The lowest BCUT2D eigenvalue weighted by Crippen LogP contribution is -2.46. The predicted molar refractivity (Wildman–Crippen MR) is 127 cm³/mol. The number of nitrogens with one attached hydrogen (secondary N) is 2. The minimum Gasteiger partial charge on any atom is -0.370 e. The van der Waals surface area contributed by atoms with Crippen LogP contribution in [0.2, 0.25) is 0 Å². The molecule has 0 saturated carbocycles. The molecule has 1 aliphatic rings. The van der Waals surface area contributed by atoms with Gasteiger partial charge in [-0.1, -0.05) is 36.8 Å². The van der Waals surface area contributed by atoms with Gasteiger partial charge < -0.3 is 21.3 Å². The number of benzene rings is 1. The van der Waals surface area contributed by atoms with Crippen molar-refractivity contribution < 1.29 is 14.4 Å². The van der Waals surface area contributed by atoms with Crippen molar-refractivity contribution in [2.24, 2.45) is 5.73 Å². The summed E-state index contributed by atoms with van der Waals surface area (Å²) in [6.07, 6.45) is 9.04. The summed E-state index contributed by atoms with van der Waals surface area (Å²) in [5.41, 5.74) is 6.60. The zero-order chi connectivity index (χ0) is 23.0. The summed E-state index contributed by atoms with van der Waals surface area (Å²) < 4.78 is 0. The fourth-order valence-electron chi connectivity index (χ4n) is 4.04. The minimum atomic E-state index is -0.378. The largest absolute Gasteiger partial charge is 0.370 e. The van der Waals surface area contributed by atoms with Gasteiger partial charge in [-0.25, -0.2) is 0 Å². The molecule has 1 aromatic carbocycles. The summed E-state index contributed by atoms with van der Waals surface area (Å²) in [5, 5.41) is 6.31. The van der Waals surface area contributed by atoms with Crippen LogP contribution in [0.3, 0.4) is 0 Å². The molecule has 0 aromatic heterocycles. The maximum absolute atomic E-state index is 12.7. The Balaban J connectivity index is 1.51. The molecule has 0 bridgehead atoms. The van der Waals surface area contributed by atoms with E-state index in [2.05, 4.69) is 34.9 Å². The average Bonchev–Trinajstić information content (AvgIpc) is 3.33. The topological polar surface area (TPSA) is 105 Å². The SMILES string of the molecule is NC(=O)CCC(NCCCCCC(=O)NCCCCc1ccccc1)C(=O)N1CCCC1. The van der Waals surface area contributed by atoms with Gasteiger partial charge in [0.05, 0.1) is 6.04 Å². The Labute approximate surface area is 192 Å². The number of aryl methyl sites for hydroxylation is 1. The molecule has 3 amide bonds. The second-order valence-electron chi connectivity index (χ2n) is 8.65. The number of hydrogen-bond donors (Lipinski definition) is 3. The number of primary amides is 1. The highest BCUT2D eigenvalue weighted by atomic mass is 16.2. The maximum atomic E-state index is 12.7. The van der Waals surface area contributed by atoms with Crippen LogP contribution >= 0.6 is 0 Å². The highest BCUT2D eigenvalue weighted by Gasteiger charge is 2.26. The van der Waals surface area contributed by atoms with Crippen LogP contribution in [0.1, 0.15) is 69.8 Å². The lowest BCUT2D eigenvalue weighted by atomic mass is 10.1. The molecule has 1 fully saturated rings. The van der Waals surface area contributed by atoms with E-state index in [9.17, 15) is 14.4 Å². The molecule has 1 aromatic rings. The van der Waals surface area contributed by atoms with E-state index in [4.69, 9.17) is 5.73 Å². The van der Waals surface area contributed by atoms with E-state index in [0.717, 1.165) is 71.0 Å². The number of unbranched alkanes of at least 4 members (excludes halogenated alkanes) is 3. The van der Waals surface area contributed by atoms with Crippen LogP contribution in [-0.2, 0) is 20.8 Å².